The smallest absolute Gasteiger partial charge is 0.193 e. The molecule has 4 heterocycles. The van der Waals surface area contributed by atoms with Crippen molar-refractivity contribution in [3.05, 3.63) is 133 Å². The first-order valence-electron chi connectivity index (χ1n) is 10.8. The molecule has 0 unspecified atom stereocenters. The summed E-state index contributed by atoms with van der Waals surface area (Å²) in [4.78, 5) is 10.2. The Balaban J connectivity index is 0.000000154. The van der Waals surface area contributed by atoms with Gasteiger partial charge < -0.3 is 26.9 Å². The zero-order chi connectivity index (χ0) is 22.7. The van der Waals surface area contributed by atoms with E-state index >= 15 is 0 Å². The highest BCUT2D eigenvalue weighted by molar-refractivity contribution is 9.08. The van der Waals surface area contributed by atoms with Gasteiger partial charge >= 0.3 is 0 Å². The standard InChI is InChI=1S/C14H12N2.C7H7Br.C7H6N2.BrH/c1-2-4-12(5-3-1)10-16-9-7-13-6-8-15-14(13)11-16;8-6-7-4-2-1-3-5-7;1-3-8-5-7-6(1)2-4-9-7;/h1-9,11H,10H2;1-5H,6H2;1-5,9H;1H. The molecule has 0 aliphatic heterocycles. The van der Waals surface area contributed by atoms with E-state index in [1.807, 2.05) is 55.0 Å². The van der Waals surface area contributed by atoms with Crippen molar-refractivity contribution in [2.24, 2.45) is 0 Å². The van der Waals surface area contributed by atoms with Crippen LogP contribution in [0, 0.1) is 0 Å². The van der Waals surface area contributed by atoms with E-state index < -0.39 is 0 Å². The molecule has 0 atom stereocenters. The van der Waals surface area contributed by atoms with E-state index in [4.69, 9.17) is 0 Å². The van der Waals surface area contributed by atoms with Crippen molar-refractivity contribution < 1.29 is 21.5 Å². The molecule has 4 aromatic heterocycles. The molecule has 0 aliphatic rings. The highest BCUT2D eigenvalue weighted by Crippen LogP contribution is 2.08. The minimum Gasteiger partial charge on any atom is -1.00 e. The average molecular weight is 578 g/mol. The Hall–Kier alpha value is -3.22. The molecular formula is C28H26Br2N4. The van der Waals surface area contributed by atoms with Gasteiger partial charge in [-0.25, -0.2) is 0 Å². The van der Waals surface area contributed by atoms with Crippen molar-refractivity contribution in [2.75, 3.05) is 0 Å². The molecule has 172 valence electrons. The Bertz CT molecular complexity index is 1350. The molecule has 0 bridgehead atoms. The minimum atomic E-state index is 0. The number of fused-ring (bicyclic) bond motifs is 2. The number of hydrogen-bond acceptors (Lipinski definition) is 1. The highest BCUT2D eigenvalue weighted by atomic mass is 79.9. The van der Waals surface area contributed by atoms with Crippen molar-refractivity contribution in [1.29, 1.82) is 0 Å². The molecule has 0 saturated carbocycles. The van der Waals surface area contributed by atoms with Crippen LogP contribution in [0.25, 0.3) is 21.8 Å². The monoisotopic (exact) mass is 576 g/mol. The molecule has 0 spiro atoms. The third-order valence-corrected chi connectivity index (χ3v) is 5.76. The molecule has 6 aromatic rings. The van der Waals surface area contributed by atoms with Gasteiger partial charge in [0.25, 0.3) is 0 Å². The van der Waals surface area contributed by atoms with E-state index in [1.54, 1.807) is 6.20 Å². The summed E-state index contributed by atoms with van der Waals surface area (Å²) >= 11 is 3.36. The van der Waals surface area contributed by atoms with Crippen LogP contribution >= 0.6 is 15.9 Å². The maximum Gasteiger partial charge on any atom is 0.193 e. The number of hydrogen-bond donors (Lipinski definition) is 2. The number of pyridine rings is 2. The van der Waals surface area contributed by atoms with Gasteiger partial charge in [-0.05, 0) is 23.8 Å². The van der Waals surface area contributed by atoms with E-state index in [9.17, 15) is 0 Å². The Kier molecular flexibility index (Phi) is 10.1. The summed E-state index contributed by atoms with van der Waals surface area (Å²) in [5.41, 5.74) is 4.92. The van der Waals surface area contributed by atoms with Gasteiger partial charge in [0.1, 0.15) is 5.52 Å². The number of halogens is 2. The summed E-state index contributed by atoms with van der Waals surface area (Å²) in [5, 5.41) is 3.42. The number of benzene rings is 2. The minimum absolute atomic E-state index is 0. The number of alkyl halides is 1. The summed E-state index contributed by atoms with van der Waals surface area (Å²) < 4.78 is 2.19. The summed E-state index contributed by atoms with van der Waals surface area (Å²) in [7, 11) is 0. The predicted octanol–water partition coefficient (Wildman–Crippen LogP) is 3.65. The molecular weight excluding hydrogens is 552 g/mol. The first kappa shape index (κ1) is 25.4. The lowest BCUT2D eigenvalue weighted by Gasteiger charge is -1.97. The fraction of sp³-hybridized carbons (Fsp3) is 0.0714. The van der Waals surface area contributed by atoms with Crippen molar-refractivity contribution in [1.82, 2.24) is 15.0 Å². The van der Waals surface area contributed by atoms with Gasteiger partial charge in [0.05, 0.1) is 11.7 Å². The molecule has 6 rings (SSSR count). The lowest BCUT2D eigenvalue weighted by atomic mass is 10.2. The van der Waals surface area contributed by atoms with Crippen LogP contribution < -0.4 is 21.5 Å². The molecule has 6 heteroatoms. The van der Waals surface area contributed by atoms with E-state index in [1.165, 1.54) is 27.4 Å². The van der Waals surface area contributed by atoms with Crippen LogP contribution in [-0.4, -0.2) is 15.0 Å². The van der Waals surface area contributed by atoms with E-state index in [-0.39, 0.29) is 17.0 Å². The van der Waals surface area contributed by atoms with Gasteiger partial charge in [-0.3, -0.25) is 4.98 Å². The van der Waals surface area contributed by atoms with E-state index in [2.05, 4.69) is 96.4 Å². The van der Waals surface area contributed by atoms with E-state index in [0.717, 1.165) is 17.4 Å². The molecule has 2 aromatic carbocycles. The number of aromatic amines is 2. The number of rotatable bonds is 3. The fourth-order valence-corrected chi connectivity index (χ4v) is 3.76. The first-order chi connectivity index (χ1) is 16.3. The molecule has 4 nitrogen and oxygen atoms in total. The zero-order valence-electron chi connectivity index (χ0n) is 18.6. The SMILES string of the molecule is BrCc1ccccc1.[Br-].c1cc2cc[nH]c2cn1.c1ccc(C[n+]2ccc3cc[nH]c3c2)cc1. The van der Waals surface area contributed by atoms with Crippen LogP contribution in [0.1, 0.15) is 11.1 Å². The van der Waals surface area contributed by atoms with Crippen molar-refractivity contribution >= 4 is 37.7 Å². The Morgan fingerprint density at radius 3 is 1.94 bits per heavy atom. The predicted molar refractivity (Wildman–Crippen MR) is 139 cm³/mol. The summed E-state index contributed by atoms with van der Waals surface area (Å²) in [6.07, 6.45) is 11.7. The first-order valence-corrected chi connectivity index (χ1v) is 11.9. The zero-order valence-corrected chi connectivity index (χ0v) is 21.8. The molecule has 34 heavy (non-hydrogen) atoms. The molecule has 0 radical (unpaired) electrons. The van der Waals surface area contributed by atoms with Crippen LogP contribution in [0.2, 0.25) is 0 Å². The number of aromatic nitrogens is 4. The number of nitrogens with zero attached hydrogens (tertiary/aromatic N) is 2. The topological polar surface area (TPSA) is 48.4 Å². The second kappa shape index (κ2) is 13.5. The molecule has 0 fully saturated rings. The van der Waals surface area contributed by atoms with Crippen LogP contribution in [-0.2, 0) is 11.9 Å². The van der Waals surface area contributed by atoms with Crippen LogP contribution in [0.15, 0.2) is 122 Å². The van der Waals surface area contributed by atoms with Crippen LogP contribution in [0.5, 0.6) is 0 Å². The quantitative estimate of drug-likeness (QED) is 0.245. The Morgan fingerprint density at radius 2 is 1.32 bits per heavy atom. The van der Waals surface area contributed by atoms with Gasteiger partial charge in [-0.15, -0.1) is 0 Å². The van der Waals surface area contributed by atoms with Gasteiger partial charge in [-0.2, -0.15) is 4.57 Å². The van der Waals surface area contributed by atoms with Crippen molar-refractivity contribution in [3.8, 4) is 0 Å². The van der Waals surface area contributed by atoms with E-state index in [0.29, 0.717) is 0 Å². The maximum atomic E-state index is 3.95. The number of nitrogens with one attached hydrogen (secondary N) is 2. The maximum absolute atomic E-state index is 3.95. The second-order valence-corrected chi connectivity index (χ2v) is 8.07. The lowest BCUT2D eigenvalue weighted by Crippen LogP contribution is -3.00. The van der Waals surface area contributed by atoms with Gasteiger partial charge in [0.15, 0.2) is 18.9 Å². The summed E-state index contributed by atoms with van der Waals surface area (Å²) in [6.45, 7) is 0.912. The van der Waals surface area contributed by atoms with Gasteiger partial charge in [0, 0.05) is 46.3 Å². The summed E-state index contributed by atoms with van der Waals surface area (Å²) in [5.74, 6) is 0. The summed E-state index contributed by atoms with van der Waals surface area (Å²) in [6, 6.07) is 29.0. The van der Waals surface area contributed by atoms with Crippen molar-refractivity contribution in [3.63, 3.8) is 0 Å². The average Bonchev–Trinajstić information content (AvgIpc) is 3.55. The van der Waals surface area contributed by atoms with Crippen LogP contribution in [0.4, 0.5) is 0 Å². The Labute approximate surface area is 218 Å². The van der Waals surface area contributed by atoms with Crippen LogP contribution in [0.3, 0.4) is 0 Å². The highest BCUT2D eigenvalue weighted by Gasteiger charge is 2.04. The fourth-order valence-electron chi connectivity index (χ4n) is 3.39. The Morgan fingerprint density at radius 1 is 0.706 bits per heavy atom. The molecule has 0 aliphatic carbocycles. The molecule has 2 N–H and O–H groups in total. The normalized spacial score (nSPS) is 9.91. The second-order valence-electron chi connectivity index (χ2n) is 7.51. The lowest BCUT2D eigenvalue weighted by molar-refractivity contribution is -0.687. The largest absolute Gasteiger partial charge is 1.00 e. The van der Waals surface area contributed by atoms with Gasteiger partial charge in [-0.1, -0.05) is 76.6 Å². The third-order valence-electron chi connectivity index (χ3n) is 5.11. The number of H-pyrrole nitrogens is 2. The molecule has 0 amide bonds. The van der Waals surface area contributed by atoms with Crippen molar-refractivity contribution in [2.45, 2.75) is 11.9 Å². The van der Waals surface area contributed by atoms with Gasteiger partial charge in [0.2, 0.25) is 0 Å². The molecule has 0 saturated heterocycles. The third kappa shape index (κ3) is 7.40.